The first-order valence-electron chi connectivity index (χ1n) is 7.54. The molecular weight excluding hydrogens is 286 g/mol. The number of hydrogen-bond acceptors (Lipinski definition) is 3. The van der Waals surface area contributed by atoms with Gasteiger partial charge in [0.1, 0.15) is 12.4 Å². The molecule has 0 heterocycles. The largest absolute Gasteiger partial charge is 0.490 e. The lowest BCUT2D eigenvalue weighted by Crippen LogP contribution is -2.22. The van der Waals surface area contributed by atoms with Crippen molar-refractivity contribution in [3.8, 4) is 5.75 Å². The van der Waals surface area contributed by atoms with Crippen LogP contribution in [-0.4, -0.2) is 25.4 Å². The zero-order chi connectivity index (χ0) is 15.9. The van der Waals surface area contributed by atoms with Gasteiger partial charge in [0.25, 0.3) is 0 Å². The summed E-state index contributed by atoms with van der Waals surface area (Å²) in [5.41, 5.74) is 1.03. The molecule has 0 aromatic heterocycles. The molecule has 1 aromatic rings. The van der Waals surface area contributed by atoms with Gasteiger partial charge in [-0.05, 0) is 50.9 Å². The normalized spacial score (nSPS) is 12.0. The summed E-state index contributed by atoms with van der Waals surface area (Å²) in [5, 5.41) is 4.05. The highest BCUT2D eigenvalue weighted by molar-refractivity contribution is 6.32. The smallest absolute Gasteiger partial charge is 0.138 e. The fraction of sp³-hybridized carbons (Fsp3) is 0.647. The number of hydrogen-bond donors (Lipinski definition) is 1. The highest BCUT2D eigenvalue weighted by atomic mass is 35.5. The maximum absolute atomic E-state index is 6.25. The molecule has 0 spiro atoms. The van der Waals surface area contributed by atoms with Crippen LogP contribution in [0, 0.1) is 5.92 Å². The van der Waals surface area contributed by atoms with Crippen molar-refractivity contribution < 1.29 is 9.47 Å². The fourth-order valence-electron chi connectivity index (χ4n) is 1.78. The van der Waals surface area contributed by atoms with E-state index in [2.05, 4.69) is 19.2 Å². The van der Waals surface area contributed by atoms with Crippen LogP contribution in [0.5, 0.6) is 5.75 Å². The lowest BCUT2D eigenvalue weighted by atomic mass is 10.2. The third-order valence-electron chi connectivity index (χ3n) is 2.75. The second-order valence-electron chi connectivity index (χ2n) is 6.60. The van der Waals surface area contributed by atoms with Gasteiger partial charge in [0.05, 0.1) is 17.2 Å². The first kappa shape index (κ1) is 18.3. The van der Waals surface area contributed by atoms with Gasteiger partial charge < -0.3 is 14.8 Å². The van der Waals surface area contributed by atoms with Gasteiger partial charge in [0.2, 0.25) is 0 Å². The zero-order valence-corrected chi connectivity index (χ0v) is 14.6. The maximum atomic E-state index is 6.25. The van der Waals surface area contributed by atoms with Gasteiger partial charge in [-0.1, -0.05) is 31.5 Å². The molecule has 0 unspecified atom stereocenters. The van der Waals surface area contributed by atoms with E-state index in [0.717, 1.165) is 13.1 Å². The molecule has 120 valence electrons. The molecule has 3 nitrogen and oxygen atoms in total. The molecule has 0 saturated heterocycles. The Morgan fingerprint density at radius 3 is 2.48 bits per heavy atom. The van der Waals surface area contributed by atoms with E-state index < -0.39 is 0 Å². The van der Waals surface area contributed by atoms with Crippen LogP contribution in [0.1, 0.15) is 40.2 Å². The molecule has 0 atom stereocenters. The number of nitrogens with one attached hydrogen (secondary N) is 1. The number of ether oxygens (including phenoxy) is 2. The second kappa shape index (κ2) is 8.62. The third kappa shape index (κ3) is 8.30. The molecule has 0 aliphatic rings. The Balaban J connectivity index is 2.39. The molecule has 0 bridgehead atoms. The van der Waals surface area contributed by atoms with Crippen LogP contribution in [0.2, 0.25) is 5.02 Å². The van der Waals surface area contributed by atoms with Crippen molar-refractivity contribution in [3.63, 3.8) is 0 Å². The first-order valence-corrected chi connectivity index (χ1v) is 7.91. The molecule has 0 aliphatic heterocycles. The molecular formula is C17H28ClNO2. The average Bonchev–Trinajstić information content (AvgIpc) is 2.35. The Kier molecular flexibility index (Phi) is 7.50. The second-order valence-corrected chi connectivity index (χ2v) is 7.01. The summed E-state index contributed by atoms with van der Waals surface area (Å²) >= 11 is 6.25. The summed E-state index contributed by atoms with van der Waals surface area (Å²) in [6, 6.07) is 5.92. The van der Waals surface area contributed by atoms with Crippen molar-refractivity contribution in [1.29, 1.82) is 0 Å². The van der Waals surface area contributed by atoms with Gasteiger partial charge in [-0.25, -0.2) is 0 Å². The zero-order valence-electron chi connectivity index (χ0n) is 13.8. The van der Waals surface area contributed by atoms with Crippen molar-refractivity contribution in [2.24, 2.45) is 5.92 Å². The Hall–Kier alpha value is -0.770. The van der Waals surface area contributed by atoms with Crippen LogP contribution in [0.3, 0.4) is 0 Å². The van der Waals surface area contributed by atoms with E-state index in [9.17, 15) is 0 Å². The topological polar surface area (TPSA) is 30.5 Å². The van der Waals surface area contributed by atoms with Crippen LogP contribution < -0.4 is 10.1 Å². The van der Waals surface area contributed by atoms with Crippen molar-refractivity contribution in [3.05, 3.63) is 28.8 Å². The molecule has 4 heteroatoms. The SMILES string of the molecule is CC(C)CNCc1ccc(OCCOC(C)(C)C)c(Cl)c1. The summed E-state index contributed by atoms with van der Waals surface area (Å²) in [6.07, 6.45) is 0. The molecule has 0 saturated carbocycles. The number of halogens is 1. The van der Waals surface area contributed by atoms with E-state index in [1.807, 2.05) is 39.0 Å². The van der Waals surface area contributed by atoms with Crippen molar-refractivity contribution in [2.75, 3.05) is 19.8 Å². The van der Waals surface area contributed by atoms with Gasteiger partial charge in [0.15, 0.2) is 0 Å². The standard InChI is InChI=1S/C17H28ClNO2/c1-13(2)11-19-12-14-6-7-16(15(18)10-14)20-8-9-21-17(3,4)5/h6-7,10,13,19H,8-9,11-12H2,1-5H3. The van der Waals surface area contributed by atoms with Gasteiger partial charge in [-0.3, -0.25) is 0 Å². The first-order chi connectivity index (χ1) is 9.78. The van der Waals surface area contributed by atoms with E-state index in [0.29, 0.717) is 29.9 Å². The molecule has 21 heavy (non-hydrogen) atoms. The lowest BCUT2D eigenvalue weighted by molar-refractivity contribution is -0.0162. The van der Waals surface area contributed by atoms with E-state index in [4.69, 9.17) is 21.1 Å². The lowest BCUT2D eigenvalue weighted by Gasteiger charge is -2.19. The molecule has 1 N–H and O–H groups in total. The Labute approximate surface area is 134 Å². The van der Waals surface area contributed by atoms with E-state index >= 15 is 0 Å². The summed E-state index contributed by atoms with van der Waals surface area (Å²) in [6.45, 7) is 13.3. The molecule has 0 amide bonds. The van der Waals surface area contributed by atoms with Gasteiger partial charge in [0, 0.05) is 6.54 Å². The summed E-state index contributed by atoms with van der Waals surface area (Å²) < 4.78 is 11.3. The van der Waals surface area contributed by atoms with E-state index in [1.54, 1.807) is 0 Å². The van der Waals surface area contributed by atoms with Gasteiger partial charge >= 0.3 is 0 Å². The highest BCUT2D eigenvalue weighted by Gasteiger charge is 2.10. The summed E-state index contributed by atoms with van der Waals surface area (Å²) in [4.78, 5) is 0. The van der Waals surface area contributed by atoms with Crippen molar-refractivity contribution in [2.45, 2.75) is 46.8 Å². The maximum Gasteiger partial charge on any atom is 0.138 e. The Bertz CT molecular complexity index is 427. The molecule has 0 aliphatic carbocycles. The van der Waals surface area contributed by atoms with Gasteiger partial charge in [-0.2, -0.15) is 0 Å². The predicted molar refractivity (Wildman–Crippen MR) is 89.2 cm³/mol. The molecule has 0 radical (unpaired) electrons. The van der Waals surface area contributed by atoms with Crippen LogP contribution in [0.4, 0.5) is 0 Å². The monoisotopic (exact) mass is 313 g/mol. The van der Waals surface area contributed by atoms with Crippen molar-refractivity contribution >= 4 is 11.6 Å². The van der Waals surface area contributed by atoms with Crippen LogP contribution in [0.25, 0.3) is 0 Å². The van der Waals surface area contributed by atoms with Crippen LogP contribution >= 0.6 is 11.6 Å². The molecule has 1 aromatic carbocycles. The van der Waals surface area contributed by atoms with Crippen molar-refractivity contribution in [1.82, 2.24) is 5.32 Å². The fourth-order valence-corrected chi connectivity index (χ4v) is 2.03. The van der Waals surface area contributed by atoms with Crippen LogP contribution in [-0.2, 0) is 11.3 Å². The van der Waals surface area contributed by atoms with E-state index in [1.165, 1.54) is 5.56 Å². The summed E-state index contributed by atoms with van der Waals surface area (Å²) in [5.74, 6) is 1.35. The predicted octanol–water partition coefficient (Wildman–Crippen LogP) is 4.28. The molecule has 1 rings (SSSR count). The average molecular weight is 314 g/mol. The number of benzene rings is 1. The van der Waals surface area contributed by atoms with E-state index in [-0.39, 0.29) is 5.60 Å². The minimum absolute atomic E-state index is 0.140. The Morgan fingerprint density at radius 1 is 1.19 bits per heavy atom. The minimum Gasteiger partial charge on any atom is -0.490 e. The summed E-state index contributed by atoms with van der Waals surface area (Å²) in [7, 11) is 0. The number of rotatable bonds is 8. The van der Waals surface area contributed by atoms with Gasteiger partial charge in [-0.15, -0.1) is 0 Å². The highest BCUT2D eigenvalue weighted by Crippen LogP contribution is 2.25. The third-order valence-corrected chi connectivity index (χ3v) is 3.05. The van der Waals surface area contributed by atoms with Crippen LogP contribution in [0.15, 0.2) is 18.2 Å². The molecule has 0 fully saturated rings. The minimum atomic E-state index is -0.140. The Morgan fingerprint density at radius 2 is 1.90 bits per heavy atom. The quantitative estimate of drug-likeness (QED) is 0.727.